The van der Waals surface area contributed by atoms with E-state index in [4.69, 9.17) is 9.47 Å². The molecule has 4 heteroatoms. The summed E-state index contributed by atoms with van der Waals surface area (Å²) in [6, 6.07) is 7.34. The van der Waals surface area contributed by atoms with Crippen LogP contribution in [0.15, 0.2) is 24.3 Å². The van der Waals surface area contributed by atoms with Crippen LogP contribution in [0.25, 0.3) is 0 Å². The minimum Gasteiger partial charge on any atom is -0.497 e. The van der Waals surface area contributed by atoms with Gasteiger partial charge in [0, 0.05) is 0 Å². The lowest BCUT2D eigenvalue weighted by atomic mass is 9.67. The fourth-order valence-electron chi connectivity index (χ4n) is 3.00. The third-order valence-electron chi connectivity index (χ3n) is 4.11. The molecule has 0 saturated heterocycles. The summed E-state index contributed by atoms with van der Waals surface area (Å²) in [5, 5.41) is 10.5. The van der Waals surface area contributed by atoms with Crippen molar-refractivity contribution in [2.24, 2.45) is 0 Å². The molecule has 2 unspecified atom stereocenters. The van der Waals surface area contributed by atoms with Gasteiger partial charge in [0.05, 0.1) is 19.8 Å². The molecule has 0 bridgehead atoms. The highest BCUT2D eigenvalue weighted by Gasteiger charge is 2.49. The molecular weight excluding hydrogens is 256 g/mol. The van der Waals surface area contributed by atoms with E-state index in [2.05, 4.69) is 0 Å². The van der Waals surface area contributed by atoms with Crippen molar-refractivity contribution in [1.29, 1.82) is 0 Å². The van der Waals surface area contributed by atoms with Crippen LogP contribution in [0, 0.1) is 0 Å². The summed E-state index contributed by atoms with van der Waals surface area (Å²) < 4.78 is 10.4. The fourth-order valence-corrected chi connectivity index (χ4v) is 3.00. The molecule has 1 saturated carbocycles. The van der Waals surface area contributed by atoms with Crippen molar-refractivity contribution in [3.63, 3.8) is 0 Å². The maximum absolute atomic E-state index is 12.5. The van der Waals surface area contributed by atoms with E-state index in [1.807, 2.05) is 24.3 Å². The molecule has 0 spiro atoms. The second-order valence-corrected chi connectivity index (χ2v) is 5.18. The molecule has 110 valence electrons. The Balaban J connectivity index is 2.41. The van der Waals surface area contributed by atoms with Gasteiger partial charge in [0.1, 0.15) is 11.2 Å². The number of aliphatic hydroxyl groups excluding tert-OH is 1. The molecular formula is C16H22O4. The highest BCUT2D eigenvalue weighted by molar-refractivity contribution is 5.84. The molecule has 1 aliphatic rings. The predicted octanol–water partition coefficient (Wildman–Crippen LogP) is 2.43. The zero-order valence-corrected chi connectivity index (χ0v) is 12.1. The summed E-state index contributed by atoms with van der Waals surface area (Å²) in [6.07, 6.45) is 2.42. The molecule has 4 nitrogen and oxygen atoms in total. The molecule has 1 aromatic carbocycles. The normalized spacial score (nSPS) is 26.1. The van der Waals surface area contributed by atoms with Gasteiger partial charge in [-0.2, -0.15) is 0 Å². The van der Waals surface area contributed by atoms with E-state index in [0.717, 1.165) is 24.2 Å². The number of benzene rings is 1. The largest absolute Gasteiger partial charge is 0.497 e. The van der Waals surface area contributed by atoms with Gasteiger partial charge in [0.15, 0.2) is 0 Å². The van der Waals surface area contributed by atoms with Gasteiger partial charge in [-0.1, -0.05) is 25.0 Å². The Bertz CT molecular complexity index is 454. The van der Waals surface area contributed by atoms with Crippen LogP contribution in [-0.2, 0) is 14.9 Å². The number of rotatable bonds is 4. The first-order chi connectivity index (χ1) is 9.65. The van der Waals surface area contributed by atoms with Gasteiger partial charge >= 0.3 is 5.97 Å². The molecule has 2 rings (SSSR count). The molecule has 1 fully saturated rings. The Labute approximate surface area is 119 Å². The van der Waals surface area contributed by atoms with Gasteiger partial charge in [0.25, 0.3) is 0 Å². The van der Waals surface area contributed by atoms with E-state index in [0.29, 0.717) is 19.4 Å². The molecule has 1 aliphatic carbocycles. The van der Waals surface area contributed by atoms with Crippen molar-refractivity contribution in [1.82, 2.24) is 0 Å². The van der Waals surface area contributed by atoms with Crippen LogP contribution >= 0.6 is 0 Å². The summed E-state index contributed by atoms with van der Waals surface area (Å²) in [7, 11) is 1.60. The second kappa shape index (κ2) is 6.27. The van der Waals surface area contributed by atoms with Crippen molar-refractivity contribution in [3.05, 3.63) is 29.8 Å². The number of methoxy groups -OCH3 is 1. The van der Waals surface area contributed by atoms with Crippen molar-refractivity contribution >= 4 is 5.97 Å². The Hall–Kier alpha value is -1.55. The van der Waals surface area contributed by atoms with E-state index in [1.165, 1.54) is 0 Å². The van der Waals surface area contributed by atoms with Crippen molar-refractivity contribution < 1.29 is 19.4 Å². The first kappa shape index (κ1) is 14.9. The molecule has 0 aromatic heterocycles. The number of carbonyl (C=O) groups excluding carboxylic acids is 1. The number of carbonyl (C=O) groups is 1. The van der Waals surface area contributed by atoms with E-state index < -0.39 is 11.5 Å². The van der Waals surface area contributed by atoms with Crippen LogP contribution in [0.1, 0.15) is 38.2 Å². The molecule has 20 heavy (non-hydrogen) atoms. The maximum Gasteiger partial charge on any atom is 0.319 e. The number of ether oxygens (including phenoxy) is 2. The zero-order valence-electron chi connectivity index (χ0n) is 12.1. The quantitative estimate of drug-likeness (QED) is 0.859. The molecule has 1 aromatic rings. The first-order valence-electron chi connectivity index (χ1n) is 7.15. The van der Waals surface area contributed by atoms with Crippen LogP contribution in [-0.4, -0.2) is 30.9 Å². The van der Waals surface area contributed by atoms with Crippen molar-refractivity contribution in [3.8, 4) is 5.75 Å². The highest BCUT2D eigenvalue weighted by Crippen LogP contribution is 2.41. The Kier molecular flexibility index (Phi) is 4.65. The highest BCUT2D eigenvalue weighted by atomic mass is 16.5. The molecule has 0 amide bonds. The molecule has 0 heterocycles. The average molecular weight is 278 g/mol. The summed E-state index contributed by atoms with van der Waals surface area (Å²) in [6.45, 7) is 2.11. The number of hydrogen-bond acceptors (Lipinski definition) is 4. The van der Waals surface area contributed by atoms with E-state index in [-0.39, 0.29) is 5.97 Å². The smallest absolute Gasteiger partial charge is 0.319 e. The van der Waals surface area contributed by atoms with Crippen LogP contribution in [0.3, 0.4) is 0 Å². The van der Waals surface area contributed by atoms with Gasteiger partial charge < -0.3 is 14.6 Å². The number of esters is 1. The summed E-state index contributed by atoms with van der Waals surface area (Å²) >= 11 is 0. The minimum absolute atomic E-state index is 0.322. The van der Waals surface area contributed by atoms with Crippen LogP contribution in [0.5, 0.6) is 5.75 Å². The summed E-state index contributed by atoms with van der Waals surface area (Å²) in [5.41, 5.74) is -0.121. The van der Waals surface area contributed by atoms with Gasteiger partial charge in [-0.3, -0.25) is 4.79 Å². The summed E-state index contributed by atoms with van der Waals surface area (Å²) in [4.78, 5) is 12.5. The monoisotopic (exact) mass is 278 g/mol. The second-order valence-electron chi connectivity index (χ2n) is 5.18. The lowest BCUT2D eigenvalue weighted by molar-refractivity contribution is -0.157. The van der Waals surface area contributed by atoms with Gasteiger partial charge in [-0.25, -0.2) is 0 Å². The van der Waals surface area contributed by atoms with E-state index in [9.17, 15) is 9.90 Å². The standard InChI is InChI=1S/C16H22O4/c1-3-20-15(18)16(11-5-4-6-14(16)17)12-7-9-13(19-2)10-8-12/h7-10,14,17H,3-6,11H2,1-2H3. The zero-order chi connectivity index (χ0) is 14.6. The van der Waals surface area contributed by atoms with Crippen LogP contribution in [0.4, 0.5) is 0 Å². The van der Waals surface area contributed by atoms with Crippen molar-refractivity contribution in [2.75, 3.05) is 13.7 Å². The lowest BCUT2D eigenvalue weighted by Gasteiger charge is -2.39. The number of hydrogen-bond donors (Lipinski definition) is 1. The van der Waals surface area contributed by atoms with Crippen LogP contribution in [0.2, 0.25) is 0 Å². The third-order valence-corrected chi connectivity index (χ3v) is 4.11. The Morgan fingerprint density at radius 2 is 2.05 bits per heavy atom. The summed E-state index contributed by atoms with van der Waals surface area (Å²) in [5.74, 6) is 0.412. The van der Waals surface area contributed by atoms with E-state index >= 15 is 0 Å². The minimum atomic E-state index is -0.930. The predicted molar refractivity (Wildman–Crippen MR) is 75.8 cm³/mol. The molecule has 1 N–H and O–H groups in total. The lowest BCUT2D eigenvalue weighted by Crippen LogP contribution is -2.49. The van der Waals surface area contributed by atoms with Gasteiger partial charge in [0.2, 0.25) is 0 Å². The fraction of sp³-hybridized carbons (Fsp3) is 0.562. The van der Waals surface area contributed by atoms with Gasteiger partial charge in [-0.15, -0.1) is 0 Å². The van der Waals surface area contributed by atoms with E-state index in [1.54, 1.807) is 14.0 Å². The Morgan fingerprint density at radius 1 is 1.35 bits per heavy atom. The van der Waals surface area contributed by atoms with Gasteiger partial charge in [-0.05, 0) is 37.5 Å². The SMILES string of the molecule is CCOC(=O)C1(c2ccc(OC)cc2)CCCCC1O. The molecule has 2 atom stereocenters. The third kappa shape index (κ3) is 2.52. The maximum atomic E-state index is 12.5. The molecule has 0 radical (unpaired) electrons. The number of aliphatic hydroxyl groups is 1. The van der Waals surface area contributed by atoms with Crippen LogP contribution < -0.4 is 4.74 Å². The molecule has 0 aliphatic heterocycles. The first-order valence-corrected chi connectivity index (χ1v) is 7.15. The average Bonchev–Trinajstić information content (AvgIpc) is 2.48. The Morgan fingerprint density at radius 3 is 2.60 bits per heavy atom. The topological polar surface area (TPSA) is 55.8 Å². The van der Waals surface area contributed by atoms with Crippen molar-refractivity contribution in [2.45, 2.75) is 44.1 Å².